The molecule has 0 atom stereocenters. The summed E-state index contributed by atoms with van der Waals surface area (Å²) in [5, 5.41) is 8.26. The van der Waals surface area contributed by atoms with Crippen molar-refractivity contribution >= 4 is 21.6 Å². The molecule has 0 aromatic heterocycles. The maximum Gasteiger partial charge on any atom is 0.253 e. The number of ether oxygens (including phenoxy) is 2. The van der Waals surface area contributed by atoms with Gasteiger partial charge in [0.2, 0.25) is 10.0 Å². The van der Waals surface area contributed by atoms with E-state index in [1.165, 1.54) is 12.1 Å². The summed E-state index contributed by atoms with van der Waals surface area (Å²) in [6.07, 6.45) is 0. The normalized spacial score (nSPS) is 19.2. The molecule has 0 radical (unpaired) electrons. The molecule has 0 saturated carbocycles. The molecule has 3 N–H and O–H groups in total. The Morgan fingerprint density at radius 3 is 2.28 bits per heavy atom. The molecule has 2 saturated heterocycles. The van der Waals surface area contributed by atoms with Gasteiger partial charge in [0.05, 0.1) is 36.9 Å². The second kappa shape index (κ2) is 8.97. The zero-order valence-corrected chi connectivity index (χ0v) is 17.8. The number of anilines is 1. The third kappa shape index (κ3) is 5.46. The minimum Gasteiger partial charge on any atom is -0.379 e. The van der Waals surface area contributed by atoms with Gasteiger partial charge in [-0.05, 0) is 32.0 Å². The van der Waals surface area contributed by atoms with Crippen molar-refractivity contribution in [1.29, 1.82) is 0 Å². The van der Waals surface area contributed by atoms with Crippen LogP contribution in [0.25, 0.3) is 0 Å². The number of primary sulfonamides is 1. The molecule has 0 bridgehead atoms. The van der Waals surface area contributed by atoms with Gasteiger partial charge in [-0.15, -0.1) is 0 Å². The molecule has 2 aliphatic heterocycles. The van der Waals surface area contributed by atoms with Gasteiger partial charge >= 0.3 is 0 Å². The molecule has 9 nitrogen and oxygen atoms in total. The number of morpholine rings is 2. The van der Waals surface area contributed by atoms with Gasteiger partial charge in [0.25, 0.3) is 5.91 Å². The van der Waals surface area contributed by atoms with E-state index in [1.807, 2.05) is 4.90 Å². The van der Waals surface area contributed by atoms with E-state index in [0.717, 1.165) is 13.1 Å². The average molecular weight is 427 g/mol. The largest absolute Gasteiger partial charge is 0.379 e. The summed E-state index contributed by atoms with van der Waals surface area (Å²) < 4.78 is 34.4. The van der Waals surface area contributed by atoms with Crippen LogP contribution in [0.15, 0.2) is 23.1 Å². The molecule has 2 aliphatic rings. The number of carbonyl (C=O) groups is 1. The topological polar surface area (TPSA) is 114 Å². The lowest BCUT2D eigenvalue weighted by Gasteiger charge is -2.41. The average Bonchev–Trinajstić information content (AvgIpc) is 2.72. The predicted octanol–water partition coefficient (Wildman–Crippen LogP) is 0.0112. The van der Waals surface area contributed by atoms with Crippen molar-refractivity contribution in [3.63, 3.8) is 0 Å². The molecular formula is C19H30N4O5S. The van der Waals surface area contributed by atoms with Crippen LogP contribution in [0, 0.1) is 0 Å². The standard InChI is InChI=1S/C19H30N4O5S/c1-19(2,23-7-11-28-12-8-23)14-21-18(24)16-13-15(29(20,25)26)3-4-17(16)22-5-9-27-10-6-22/h3-4,13H,5-12,14H2,1-2H3,(H,21,24)(H2,20,25,26). The first-order valence-electron chi connectivity index (χ1n) is 9.79. The highest BCUT2D eigenvalue weighted by Crippen LogP contribution is 2.25. The second-order valence-electron chi connectivity index (χ2n) is 7.92. The zero-order valence-electron chi connectivity index (χ0n) is 17.0. The first-order chi connectivity index (χ1) is 13.7. The first kappa shape index (κ1) is 22.0. The van der Waals surface area contributed by atoms with Crippen LogP contribution in [-0.2, 0) is 19.5 Å². The molecule has 162 valence electrons. The molecular weight excluding hydrogens is 396 g/mol. The van der Waals surface area contributed by atoms with Crippen LogP contribution in [-0.4, -0.2) is 83.9 Å². The molecule has 2 heterocycles. The summed E-state index contributed by atoms with van der Waals surface area (Å²) >= 11 is 0. The SMILES string of the molecule is CC(C)(CNC(=O)c1cc(S(N)(=O)=O)ccc1N1CCOCC1)N1CCOCC1. The van der Waals surface area contributed by atoms with Crippen molar-refractivity contribution in [2.45, 2.75) is 24.3 Å². The number of hydrogen-bond acceptors (Lipinski definition) is 7. The number of benzene rings is 1. The summed E-state index contributed by atoms with van der Waals surface area (Å²) in [6.45, 7) is 9.92. The van der Waals surface area contributed by atoms with Gasteiger partial charge in [0.15, 0.2) is 0 Å². The predicted molar refractivity (Wildman–Crippen MR) is 110 cm³/mol. The fraction of sp³-hybridized carbons (Fsp3) is 0.632. The van der Waals surface area contributed by atoms with Crippen LogP contribution in [0.4, 0.5) is 5.69 Å². The van der Waals surface area contributed by atoms with E-state index in [2.05, 4.69) is 24.1 Å². The fourth-order valence-electron chi connectivity index (χ4n) is 3.63. The smallest absolute Gasteiger partial charge is 0.253 e. The summed E-state index contributed by atoms with van der Waals surface area (Å²) in [6, 6.07) is 4.44. The Labute approximate surface area is 172 Å². The van der Waals surface area contributed by atoms with Crippen LogP contribution < -0.4 is 15.4 Å². The lowest BCUT2D eigenvalue weighted by atomic mass is 10.0. The second-order valence-corrected chi connectivity index (χ2v) is 9.48. The number of hydrogen-bond donors (Lipinski definition) is 2. The first-order valence-corrected chi connectivity index (χ1v) is 11.3. The van der Waals surface area contributed by atoms with Crippen molar-refractivity contribution in [2.24, 2.45) is 5.14 Å². The van der Waals surface area contributed by atoms with E-state index in [-0.39, 0.29) is 16.3 Å². The Morgan fingerprint density at radius 2 is 1.69 bits per heavy atom. The van der Waals surface area contributed by atoms with Crippen LogP contribution in [0.5, 0.6) is 0 Å². The Kier molecular flexibility index (Phi) is 6.79. The number of rotatable bonds is 6. The summed E-state index contributed by atoms with van der Waals surface area (Å²) in [5.41, 5.74) is 0.731. The van der Waals surface area contributed by atoms with E-state index < -0.39 is 10.0 Å². The van der Waals surface area contributed by atoms with E-state index >= 15 is 0 Å². The van der Waals surface area contributed by atoms with Crippen molar-refractivity contribution < 1.29 is 22.7 Å². The maximum atomic E-state index is 13.1. The third-order valence-electron chi connectivity index (χ3n) is 5.44. The van der Waals surface area contributed by atoms with Crippen LogP contribution >= 0.6 is 0 Å². The van der Waals surface area contributed by atoms with Crippen LogP contribution in [0.2, 0.25) is 0 Å². The minimum absolute atomic E-state index is 0.0768. The summed E-state index contributed by atoms with van der Waals surface area (Å²) in [7, 11) is -3.91. The molecule has 3 rings (SSSR count). The molecule has 1 aromatic rings. The van der Waals surface area contributed by atoms with E-state index in [9.17, 15) is 13.2 Å². The lowest BCUT2D eigenvalue weighted by Crippen LogP contribution is -2.55. The molecule has 10 heteroatoms. The summed E-state index contributed by atoms with van der Waals surface area (Å²) in [5.74, 6) is -0.321. The zero-order chi connectivity index (χ0) is 21.1. The van der Waals surface area contributed by atoms with E-state index in [1.54, 1.807) is 6.07 Å². The molecule has 0 aliphatic carbocycles. The van der Waals surface area contributed by atoms with Gasteiger partial charge < -0.3 is 19.7 Å². The maximum absolute atomic E-state index is 13.1. The number of carbonyl (C=O) groups excluding carboxylic acids is 1. The number of nitrogens with zero attached hydrogens (tertiary/aromatic N) is 2. The Balaban J connectivity index is 1.81. The van der Waals surface area contributed by atoms with Crippen LogP contribution in [0.3, 0.4) is 0 Å². The van der Waals surface area contributed by atoms with E-state index in [4.69, 9.17) is 14.6 Å². The highest BCUT2D eigenvalue weighted by molar-refractivity contribution is 7.89. The highest BCUT2D eigenvalue weighted by atomic mass is 32.2. The van der Waals surface area contributed by atoms with Gasteiger partial charge in [-0.25, -0.2) is 13.6 Å². The monoisotopic (exact) mass is 426 g/mol. The van der Waals surface area contributed by atoms with Crippen molar-refractivity contribution in [1.82, 2.24) is 10.2 Å². The van der Waals surface area contributed by atoms with E-state index in [0.29, 0.717) is 57.3 Å². The van der Waals surface area contributed by atoms with Gasteiger partial charge in [0, 0.05) is 44.0 Å². The summed E-state index contributed by atoms with van der Waals surface area (Å²) in [4.78, 5) is 17.3. The Bertz CT molecular complexity index is 831. The Morgan fingerprint density at radius 1 is 1.10 bits per heavy atom. The van der Waals surface area contributed by atoms with Crippen molar-refractivity contribution in [3.8, 4) is 0 Å². The van der Waals surface area contributed by atoms with Gasteiger partial charge in [-0.3, -0.25) is 9.69 Å². The van der Waals surface area contributed by atoms with Gasteiger partial charge in [-0.1, -0.05) is 0 Å². The molecule has 29 heavy (non-hydrogen) atoms. The Hall–Kier alpha value is -1.72. The molecule has 1 amide bonds. The number of amides is 1. The highest BCUT2D eigenvalue weighted by Gasteiger charge is 2.29. The van der Waals surface area contributed by atoms with Gasteiger partial charge in [0.1, 0.15) is 0 Å². The minimum atomic E-state index is -3.91. The molecule has 0 spiro atoms. The number of sulfonamides is 1. The van der Waals surface area contributed by atoms with Crippen LogP contribution in [0.1, 0.15) is 24.2 Å². The number of nitrogens with one attached hydrogen (secondary N) is 1. The van der Waals surface area contributed by atoms with Gasteiger partial charge in [-0.2, -0.15) is 0 Å². The fourth-order valence-corrected chi connectivity index (χ4v) is 4.17. The third-order valence-corrected chi connectivity index (χ3v) is 6.35. The lowest BCUT2D eigenvalue weighted by molar-refractivity contribution is -0.00923. The molecule has 1 aromatic carbocycles. The molecule has 0 unspecified atom stereocenters. The molecule has 2 fully saturated rings. The number of nitrogens with two attached hydrogens (primary N) is 1. The quantitative estimate of drug-likeness (QED) is 0.659. The van der Waals surface area contributed by atoms with Crippen molar-refractivity contribution in [2.75, 3.05) is 64.1 Å². The van der Waals surface area contributed by atoms with Crippen molar-refractivity contribution in [3.05, 3.63) is 23.8 Å².